The van der Waals surface area contributed by atoms with Gasteiger partial charge in [0.2, 0.25) is 5.91 Å². The first-order valence-electron chi connectivity index (χ1n) is 11.3. The van der Waals surface area contributed by atoms with Crippen LogP contribution >= 0.6 is 0 Å². The molecule has 0 radical (unpaired) electrons. The first kappa shape index (κ1) is 20.7. The summed E-state index contributed by atoms with van der Waals surface area (Å²) >= 11 is 0. The molecule has 166 valence electrons. The molecule has 2 aromatic heterocycles. The minimum absolute atomic E-state index is 0.0698. The van der Waals surface area contributed by atoms with E-state index in [0.717, 1.165) is 47.9 Å². The number of pyridine rings is 1. The zero-order chi connectivity index (χ0) is 22.1. The molecule has 3 heterocycles. The highest BCUT2D eigenvalue weighted by Gasteiger charge is 2.33. The van der Waals surface area contributed by atoms with E-state index in [9.17, 15) is 9.18 Å². The number of hydrogen-bond donors (Lipinski definition) is 1. The van der Waals surface area contributed by atoms with Gasteiger partial charge in [0.1, 0.15) is 5.82 Å². The fourth-order valence-electron chi connectivity index (χ4n) is 4.30. The predicted molar refractivity (Wildman–Crippen MR) is 120 cm³/mol. The Morgan fingerprint density at radius 1 is 1.22 bits per heavy atom. The van der Waals surface area contributed by atoms with E-state index in [4.69, 9.17) is 4.74 Å². The van der Waals surface area contributed by atoms with Crippen LogP contribution in [0, 0.1) is 17.7 Å². The van der Waals surface area contributed by atoms with Crippen molar-refractivity contribution in [1.82, 2.24) is 15.2 Å². The number of aromatic amines is 1. The average Bonchev–Trinajstić information content (AvgIpc) is 3.34. The average molecular weight is 435 g/mol. The third-order valence-electron chi connectivity index (χ3n) is 6.41. The lowest BCUT2D eigenvalue weighted by molar-refractivity contribution is -0.120. The molecule has 1 N–H and O–H groups in total. The molecular weight excluding hydrogens is 407 g/mol. The number of aryl methyl sites for hydroxylation is 1. The van der Waals surface area contributed by atoms with Crippen LogP contribution in [0.4, 0.5) is 10.2 Å². The van der Waals surface area contributed by atoms with Crippen LogP contribution in [0.2, 0.25) is 0 Å². The van der Waals surface area contributed by atoms with Crippen molar-refractivity contribution in [2.45, 2.75) is 39.0 Å². The Balaban J connectivity index is 1.29. The summed E-state index contributed by atoms with van der Waals surface area (Å²) in [5.74, 6) is 1.12. The fraction of sp³-hybridized carbons (Fsp3) is 0.400. The molecule has 1 aliphatic heterocycles. The van der Waals surface area contributed by atoms with Crippen molar-refractivity contribution >= 4 is 11.7 Å². The lowest BCUT2D eigenvalue weighted by Gasteiger charge is -2.18. The van der Waals surface area contributed by atoms with E-state index in [1.807, 2.05) is 18.5 Å². The largest absolute Gasteiger partial charge is 0.490 e. The number of carbonyl (C=O) groups excluding carboxylic acids is 1. The summed E-state index contributed by atoms with van der Waals surface area (Å²) in [6, 6.07) is 6.95. The minimum atomic E-state index is -0.345. The zero-order valence-corrected chi connectivity index (χ0v) is 18.2. The number of nitrogens with zero attached hydrogens (tertiary/aromatic N) is 3. The van der Waals surface area contributed by atoms with Gasteiger partial charge in [0, 0.05) is 36.0 Å². The maximum absolute atomic E-state index is 14.1. The topological polar surface area (TPSA) is 71.1 Å². The number of aromatic nitrogens is 3. The number of benzene rings is 1. The molecule has 1 aromatic carbocycles. The van der Waals surface area contributed by atoms with E-state index < -0.39 is 0 Å². The van der Waals surface area contributed by atoms with E-state index in [0.29, 0.717) is 37.1 Å². The summed E-state index contributed by atoms with van der Waals surface area (Å²) in [6.45, 7) is 3.29. The van der Waals surface area contributed by atoms with Gasteiger partial charge in [0.05, 0.1) is 12.8 Å². The number of anilines is 1. The SMILES string of the molecule is CCc1cc(N2CCC(Cc3ccc(F)c(OCC4CC4)c3)C2=O)ncc1-c1cn[nH]c1. The summed E-state index contributed by atoms with van der Waals surface area (Å²) in [5, 5.41) is 6.86. The molecular formula is C25H27FN4O2. The standard InChI is InChI=1S/C25H27FN4O2/c1-2-18-11-24(27-14-21(18)20-12-28-29-13-20)30-8-7-19(25(30)31)9-17-5-6-22(26)23(10-17)32-15-16-3-4-16/h5-6,10-14,16,19H,2-4,7-9,15H2,1H3,(H,28,29). The molecule has 5 rings (SSSR count). The molecule has 7 heteroatoms. The Hall–Kier alpha value is -3.22. The summed E-state index contributed by atoms with van der Waals surface area (Å²) in [4.78, 5) is 19.5. The van der Waals surface area contributed by atoms with Crippen molar-refractivity contribution in [3.8, 4) is 16.9 Å². The maximum atomic E-state index is 14.1. The smallest absolute Gasteiger partial charge is 0.231 e. The Labute approximate surface area is 186 Å². The lowest BCUT2D eigenvalue weighted by Crippen LogP contribution is -2.28. The second kappa shape index (κ2) is 8.73. The number of hydrogen-bond acceptors (Lipinski definition) is 4. The Morgan fingerprint density at radius 3 is 2.84 bits per heavy atom. The van der Waals surface area contributed by atoms with Gasteiger partial charge in [-0.25, -0.2) is 9.37 Å². The van der Waals surface area contributed by atoms with E-state index in [1.54, 1.807) is 23.2 Å². The molecule has 0 bridgehead atoms. The number of ether oxygens (including phenoxy) is 1. The molecule has 0 spiro atoms. The normalized spacial score (nSPS) is 18.4. The highest BCUT2D eigenvalue weighted by atomic mass is 19.1. The Kier molecular flexibility index (Phi) is 5.64. The number of amides is 1. The van der Waals surface area contributed by atoms with Crippen molar-refractivity contribution in [2.75, 3.05) is 18.1 Å². The molecule has 1 amide bonds. The number of carbonyl (C=O) groups is 1. The quantitative estimate of drug-likeness (QED) is 0.564. The molecule has 3 aromatic rings. The van der Waals surface area contributed by atoms with Crippen molar-refractivity contribution in [1.29, 1.82) is 0 Å². The number of nitrogens with one attached hydrogen (secondary N) is 1. The van der Waals surface area contributed by atoms with Gasteiger partial charge in [0.15, 0.2) is 11.6 Å². The van der Waals surface area contributed by atoms with Crippen LogP contribution in [0.25, 0.3) is 11.1 Å². The predicted octanol–water partition coefficient (Wildman–Crippen LogP) is 4.56. The first-order valence-corrected chi connectivity index (χ1v) is 11.3. The second-order valence-electron chi connectivity index (χ2n) is 8.74. The van der Waals surface area contributed by atoms with E-state index >= 15 is 0 Å². The molecule has 1 aliphatic carbocycles. The highest BCUT2D eigenvalue weighted by Crippen LogP contribution is 2.33. The molecule has 6 nitrogen and oxygen atoms in total. The van der Waals surface area contributed by atoms with Crippen molar-refractivity contribution < 1.29 is 13.9 Å². The van der Waals surface area contributed by atoms with E-state index in [-0.39, 0.29) is 17.6 Å². The number of rotatable bonds is 8. The van der Waals surface area contributed by atoms with Crippen LogP contribution in [0.3, 0.4) is 0 Å². The molecule has 2 fully saturated rings. The number of halogens is 1. The molecule has 1 saturated carbocycles. The molecule has 1 atom stereocenters. The first-order chi connectivity index (χ1) is 15.6. The van der Waals surface area contributed by atoms with Crippen molar-refractivity contribution in [3.63, 3.8) is 0 Å². The van der Waals surface area contributed by atoms with Gasteiger partial charge in [-0.1, -0.05) is 13.0 Å². The van der Waals surface area contributed by atoms with E-state index in [2.05, 4.69) is 22.1 Å². The van der Waals surface area contributed by atoms with Crippen LogP contribution in [0.5, 0.6) is 5.75 Å². The van der Waals surface area contributed by atoms with Crippen molar-refractivity contribution in [3.05, 3.63) is 59.8 Å². The number of H-pyrrole nitrogens is 1. The van der Waals surface area contributed by atoms with Gasteiger partial charge < -0.3 is 4.74 Å². The molecule has 2 aliphatic rings. The van der Waals surface area contributed by atoms with Gasteiger partial charge in [-0.15, -0.1) is 0 Å². The summed E-state index contributed by atoms with van der Waals surface area (Å²) in [6.07, 6.45) is 9.92. The van der Waals surface area contributed by atoms with Gasteiger partial charge in [-0.05, 0) is 67.3 Å². The van der Waals surface area contributed by atoms with Crippen LogP contribution in [-0.2, 0) is 17.6 Å². The van der Waals surface area contributed by atoms with Gasteiger partial charge in [0.25, 0.3) is 0 Å². The van der Waals surface area contributed by atoms with Gasteiger partial charge >= 0.3 is 0 Å². The van der Waals surface area contributed by atoms with Gasteiger partial charge in [-0.3, -0.25) is 14.8 Å². The Bertz CT molecular complexity index is 1110. The van der Waals surface area contributed by atoms with Crippen molar-refractivity contribution in [2.24, 2.45) is 11.8 Å². The summed E-state index contributed by atoms with van der Waals surface area (Å²) in [7, 11) is 0. The second-order valence-corrected chi connectivity index (χ2v) is 8.74. The van der Waals surface area contributed by atoms with Crippen LogP contribution in [0.1, 0.15) is 37.3 Å². The van der Waals surface area contributed by atoms with Gasteiger partial charge in [-0.2, -0.15) is 5.10 Å². The fourth-order valence-corrected chi connectivity index (χ4v) is 4.30. The molecule has 32 heavy (non-hydrogen) atoms. The monoisotopic (exact) mass is 434 g/mol. The maximum Gasteiger partial charge on any atom is 0.231 e. The van der Waals surface area contributed by atoms with Crippen LogP contribution in [0.15, 0.2) is 42.9 Å². The van der Waals surface area contributed by atoms with Crippen LogP contribution in [-0.4, -0.2) is 34.2 Å². The third kappa shape index (κ3) is 4.24. The molecule has 1 unspecified atom stereocenters. The minimum Gasteiger partial charge on any atom is -0.490 e. The van der Waals surface area contributed by atoms with Crippen LogP contribution < -0.4 is 9.64 Å². The van der Waals surface area contributed by atoms with E-state index in [1.165, 1.54) is 6.07 Å². The Morgan fingerprint density at radius 2 is 2.09 bits per heavy atom. The molecule has 1 saturated heterocycles. The third-order valence-corrected chi connectivity index (χ3v) is 6.41. The lowest BCUT2D eigenvalue weighted by atomic mass is 9.98. The summed E-state index contributed by atoms with van der Waals surface area (Å²) in [5.41, 5.74) is 4.07. The summed E-state index contributed by atoms with van der Waals surface area (Å²) < 4.78 is 19.8. The zero-order valence-electron chi connectivity index (χ0n) is 18.2. The highest BCUT2D eigenvalue weighted by molar-refractivity contribution is 5.96.